The molecule has 0 bridgehead atoms. The fourth-order valence-corrected chi connectivity index (χ4v) is 4.24. The number of hydrogen-bond acceptors (Lipinski definition) is 5. The standard InChI is InChI=1S/C20H20BrN5OS/c21-16-9-5-4-8-15(16)19-24-25-20(26(19)22)28-12-17(27)23-18(14-10-11-14)13-6-2-1-3-7-13/h1-9,14,18H,10-12,22H2,(H,23,27). The fraction of sp³-hybridized carbons (Fsp3) is 0.250. The number of hydrogen-bond donors (Lipinski definition) is 2. The molecule has 2 aromatic carbocycles. The highest BCUT2D eigenvalue weighted by atomic mass is 79.9. The van der Waals surface area contributed by atoms with Crippen LogP contribution in [0.2, 0.25) is 0 Å². The van der Waals surface area contributed by atoms with Gasteiger partial charge in [-0.2, -0.15) is 0 Å². The summed E-state index contributed by atoms with van der Waals surface area (Å²) in [7, 11) is 0. The van der Waals surface area contributed by atoms with Crippen LogP contribution in [-0.4, -0.2) is 26.5 Å². The van der Waals surface area contributed by atoms with Gasteiger partial charge in [-0.05, 0) is 36.5 Å². The van der Waals surface area contributed by atoms with E-state index in [2.05, 4.69) is 43.6 Å². The lowest BCUT2D eigenvalue weighted by molar-refractivity contribution is -0.119. The Bertz CT molecular complexity index is 974. The van der Waals surface area contributed by atoms with Gasteiger partial charge in [0.15, 0.2) is 5.82 Å². The summed E-state index contributed by atoms with van der Waals surface area (Å²) in [5.41, 5.74) is 2.01. The predicted octanol–water partition coefficient (Wildman–Crippen LogP) is 3.78. The zero-order chi connectivity index (χ0) is 19.5. The monoisotopic (exact) mass is 457 g/mol. The van der Waals surface area contributed by atoms with Crippen molar-refractivity contribution < 1.29 is 4.79 Å². The van der Waals surface area contributed by atoms with Crippen LogP contribution in [-0.2, 0) is 4.79 Å². The summed E-state index contributed by atoms with van der Waals surface area (Å²) in [6.07, 6.45) is 2.30. The number of nitrogen functional groups attached to an aromatic ring is 1. The van der Waals surface area contributed by atoms with Gasteiger partial charge in [0.25, 0.3) is 0 Å². The molecule has 0 saturated heterocycles. The van der Waals surface area contributed by atoms with E-state index in [1.165, 1.54) is 16.4 Å². The smallest absolute Gasteiger partial charge is 0.230 e. The summed E-state index contributed by atoms with van der Waals surface area (Å²) >= 11 is 4.78. The number of rotatable bonds is 7. The Balaban J connectivity index is 1.41. The molecule has 8 heteroatoms. The molecule has 3 aromatic rings. The molecule has 1 unspecified atom stereocenters. The fourth-order valence-electron chi connectivity index (χ4n) is 3.11. The van der Waals surface area contributed by atoms with Gasteiger partial charge in [0.2, 0.25) is 11.1 Å². The molecule has 28 heavy (non-hydrogen) atoms. The average Bonchev–Trinajstić information content (AvgIpc) is 3.49. The maximum Gasteiger partial charge on any atom is 0.230 e. The molecule has 1 atom stereocenters. The van der Waals surface area contributed by atoms with Gasteiger partial charge in [-0.15, -0.1) is 10.2 Å². The minimum Gasteiger partial charge on any atom is -0.348 e. The number of nitrogens with zero attached hydrogens (tertiary/aromatic N) is 3. The maximum absolute atomic E-state index is 12.5. The number of nitrogens with one attached hydrogen (secondary N) is 1. The zero-order valence-electron chi connectivity index (χ0n) is 15.1. The molecule has 4 rings (SSSR count). The van der Waals surface area contributed by atoms with Crippen molar-refractivity contribution in [1.82, 2.24) is 20.2 Å². The molecule has 1 saturated carbocycles. The number of thioether (sulfide) groups is 1. The summed E-state index contributed by atoms with van der Waals surface area (Å²) in [6.45, 7) is 0. The number of nitrogens with two attached hydrogens (primary N) is 1. The van der Waals surface area contributed by atoms with E-state index in [4.69, 9.17) is 5.84 Å². The second-order valence-electron chi connectivity index (χ2n) is 6.74. The molecular weight excluding hydrogens is 438 g/mol. The van der Waals surface area contributed by atoms with Gasteiger partial charge >= 0.3 is 0 Å². The quantitative estimate of drug-likeness (QED) is 0.416. The number of carbonyl (C=O) groups is 1. The number of amides is 1. The minimum atomic E-state index is -0.0313. The maximum atomic E-state index is 12.5. The van der Waals surface area contributed by atoms with E-state index in [0.717, 1.165) is 28.4 Å². The minimum absolute atomic E-state index is 0.0313. The summed E-state index contributed by atoms with van der Waals surface area (Å²) in [4.78, 5) is 12.5. The lowest BCUT2D eigenvalue weighted by Crippen LogP contribution is -2.31. The van der Waals surface area contributed by atoms with Gasteiger partial charge < -0.3 is 11.2 Å². The second kappa shape index (κ2) is 8.36. The Kier molecular flexibility index (Phi) is 5.68. The van der Waals surface area contributed by atoms with Gasteiger partial charge in [-0.1, -0.05) is 70.2 Å². The average molecular weight is 458 g/mol. The van der Waals surface area contributed by atoms with Crippen LogP contribution in [0.5, 0.6) is 0 Å². The topological polar surface area (TPSA) is 85.8 Å². The molecular formula is C20H20BrN5OS. The molecule has 0 aliphatic heterocycles. The van der Waals surface area contributed by atoms with Gasteiger partial charge in [-0.3, -0.25) is 4.79 Å². The molecule has 1 heterocycles. The Morgan fingerprint density at radius 1 is 1.18 bits per heavy atom. The van der Waals surface area contributed by atoms with Crippen LogP contribution in [0, 0.1) is 5.92 Å². The van der Waals surface area contributed by atoms with E-state index < -0.39 is 0 Å². The molecule has 1 aliphatic rings. The highest BCUT2D eigenvalue weighted by Crippen LogP contribution is 2.41. The second-order valence-corrected chi connectivity index (χ2v) is 8.53. The first-order valence-corrected chi connectivity index (χ1v) is 10.8. The molecule has 144 valence electrons. The largest absolute Gasteiger partial charge is 0.348 e. The van der Waals surface area contributed by atoms with Crippen molar-refractivity contribution in [1.29, 1.82) is 0 Å². The molecule has 1 fully saturated rings. The zero-order valence-corrected chi connectivity index (χ0v) is 17.5. The van der Waals surface area contributed by atoms with E-state index in [-0.39, 0.29) is 17.7 Å². The Labute approximate surface area is 176 Å². The van der Waals surface area contributed by atoms with E-state index >= 15 is 0 Å². The molecule has 6 nitrogen and oxygen atoms in total. The molecule has 0 spiro atoms. The van der Waals surface area contributed by atoms with Crippen LogP contribution in [0.25, 0.3) is 11.4 Å². The number of benzene rings is 2. The Morgan fingerprint density at radius 2 is 1.89 bits per heavy atom. The van der Waals surface area contributed by atoms with Crippen molar-refractivity contribution >= 4 is 33.6 Å². The summed E-state index contributed by atoms with van der Waals surface area (Å²) in [5.74, 6) is 7.44. The molecule has 1 aliphatic carbocycles. The Morgan fingerprint density at radius 3 is 2.61 bits per heavy atom. The SMILES string of the molecule is Nn1c(SCC(=O)NC(c2ccccc2)C2CC2)nnc1-c1ccccc1Br. The van der Waals surface area contributed by atoms with Crippen LogP contribution in [0.1, 0.15) is 24.4 Å². The molecule has 1 aromatic heterocycles. The van der Waals surface area contributed by atoms with Gasteiger partial charge in [-0.25, -0.2) is 4.68 Å². The van der Waals surface area contributed by atoms with Crippen molar-refractivity contribution in [3.05, 3.63) is 64.6 Å². The first-order chi connectivity index (χ1) is 13.6. The third-order valence-corrected chi connectivity index (χ3v) is 6.31. The van der Waals surface area contributed by atoms with Crippen molar-refractivity contribution in [3.8, 4) is 11.4 Å². The molecule has 1 amide bonds. The van der Waals surface area contributed by atoms with Crippen LogP contribution < -0.4 is 11.2 Å². The lowest BCUT2D eigenvalue weighted by atomic mass is 10.0. The van der Waals surface area contributed by atoms with Crippen molar-refractivity contribution in [3.63, 3.8) is 0 Å². The van der Waals surface area contributed by atoms with E-state index in [0.29, 0.717) is 16.9 Å². The number of aromatic nitrogens is 3. The highest BCUT2D eigenvalue weighted by Gasteiger charge is 2.33. The summed E-state index contributed by atoms with van der Waals surface area (Å²) < 4.78 is 2.31. The predicted molar refractivity (Wildman–Crippen MR) is 114 cm³/mol. The van der Waals surface area contributed by atoms with E-state index in [1.807, 2.05) is 42.5 Å². The normalized spacial score (nSPS) is 14.6. The highest BCUT2D eigenvalue weighted by molar-refractivity contribution is 9.10. The van der Waals surface area contributed by atoms with Gasteiger partial charge in [0.05, 0.1) is 11.8 Å². The van der Waals surface area contributed by atoms with Crippen molar-refractivity contribution in [2.45, 2.75) is 24.0 Å². The first-order valence-electron chi connectivity index (χ1n) is 9.06. The first kappa shape index (κ1) is 19.0. The van der Waals surface area contributed by atoms with Crippen LogP contribution in [0.4, 0.5) is 0 Å². The number of carbonyl (C=O) groups excluding carboxylic acids is 1. The van der Waals surface area contributed by atoms with Crippen LogP contribution in [0.3, 0.4) is 0 Å². The number of halogens is 1. The van der Waals surface area contributed by atoms with E-state index in [9.17, 15) is 4.79 Å². The summed E-state index contributed by atoms with van der Waals surface area (Å²) in [6, 6.07) is 17.9. The van der Waals surface area contributed by atoms with Crippen molar-refractivity contribution in [2.75, 3.05) is 11.6 Å². The lowest BCUT2D eigenvalue weighted by Gasteiger charge is -2.18. The Hall–Kier alpha value is -2.32. The molecule has 3 N–H and O–H groups in total. The van der Waals surface area contributed by atoms with Gasteiger partial charge in [0.1, 0.15) is 0 Å². The summed E-state index contributed by atoms with van der Waals surface area (Å²) in [5, 5.41) is 12.0. The van der Waals surface area contributed by atoms with Gasteiger partial charge in [0, 0.05) is 10.0 Å². The van der Waals surface area contributed by atoms with Crippen molar-refractivity contribution in [2.24, 2.45) is 5.92 Å². The van der Waals surface area contributed by atoms with Crippen LogP contribution in [0.15, 0.2) is 64.2 Å². The third kappa shape index (κ3) is 4.23. The third-order valence-electron chi connectivity index (χ3n) is 4.68. The van der Waals surface area contributed by atoms with Crippen LogP contribution >= 0.6 is 27.7 Å². The molecule has 0 radical (unpaired) electrons. The van der Waals surface area contributed by atoms with E-state index in [1.54, 1.807) is 0 Å².